The molecule has 0 bridgehead atoms. The van der Waals surface area contributed by atoms with Crippen LogP contribution in [0.25, 0.3) is 0 Å². The molecule has 1 aliphatic heterocycles. The summed E-state index contributed by atoms with van der Waals surface area (Å²) in [6, 6.07) is -0.230. The van der Waals surface area contributed by atoms with Crippen molar-refractivity contribution in [3.05, 3.63) is 0 Å². The van der Waals surface area contributed by atoms with Gasteiger partial charge >= 0.3 is 6.09 Å². The lowest BCUT2D eigenvalue weighted by Crippen LogP contribution is -2.72. The van der Waals surface area contributed by atoms with E-state index in [1.54, 1.807) is 0 Å². The summed E-state index contributed by atoms with van der Waals surface area (Å²) in [7, 11) is -2.10. The third-order valence-corrected chi connectivity index (χ3v) is 9.89. The van der Waals surface area contributed by atoms with Crippen LogP contribution in [0.4, 0.5) is 4.79 Å². The van der Waals surface area contributed by atoms with Crippen LogP contribution < -0.4 is 0 Å². The molecule has 0 aromatic heterocycles. The van der Waals surface area contributed by atoms with Crippen molar-refractivity contribution in [3.63, 3.8) is 0 Å². The molecular formula is C19H37NO4Si. The molecule has 2 atom stereocenters. The second-order valence-electron chi connectivity index (χ2n) is 9.55. The molecule has 0 aromatic rings. The average Bonchev–Trinajstić information content (AvgIpc) is 2.41. The summed E-state index contributed by atoms with van der Waals surface area (Å²) in [5.74, 6) is -0.0315. The Hall–Kier alpha value is -0.883. The lowest BCUT2D eigenvalue weighted by Gasteiger charge is -2.52. The van der Waals surface area contributed by atoms with Crippen LogP contribution in [0.15, 0.2) is 0 Å². The molecule has 1 aliphatic rings. The summed E-state index contributed by atoms with van der Waals surface area (Å²) < 4.78 is 11.8. The van der Waals surface area contributed by atoms with E-state index in [1.807, 2.05) is 20.8 Å². The van der Waals surface area contributed by atoms with Gasteiger partial charge in [0.15, 0.2) is 8.32 Å². The van der Waals surface area contributed by atoms with Gasteiger partial charge < -0.3 is 9.16 Å². The third kappa shape index (κ3) is 4.85. The van der Waals surface area contributed by atoms with Crippen LogP contribution in [-0.4, -0.2) is 43.0 Å². The molecule has 1 rings (SSSR count). The smallest absolute Gasteiger partial charge is 0.417 e. The summed E-state index contributed by atoms with van der Waals surface area (Å²) in [5, 5.41) is 0.0120. The lowest BCUT2D eigenvalue weighted by atomic mass is 9.83. The van der Waals surface area contributed by atoms with Gasteiger partial charge in [-0.2, -0.15) is 0 Å². The van der Waals surface area contributed by atoms with Gasteiger partial charge in [0, 0.05) is 0 Å². The van der Waals surface area contributed by atoms with Crippen LogP contribution in [0.5, 0.6) is 0 Å². The Bertz CT molecular complexity index is 501. The van der Waals surface area contributed by atoms with Gasteiger partial charge in [-0.25, -0.2) is 9.69 Å². The molecule has 0 radical (unpaired) electrons. The molecule has 1 fully saturated rings. The molecule has 0 N–H and O–H groups in total. The van der Waals surface area contributed by atoms with Crippen molar-refractivity contribution in [2.75, 3.05) is 0 Å². The molecule has 1 heterocycles. The van der Waals surface area contributed by atoms with Crippen molar-refractivity contribution in [1.82, 2.24) is 4.90 Å². The van der Waals surface area contributed by atoms with Gasteiger partial charge in [0.05, 0.1) is 6.04 Å². The minimum Gasteiger partial charge on any atom is -0.443 e. The Kier molecular flexibility index (Phi) is 6.55. The number of β-lactam (4-membered cyclic amide) rings is 1. The number of likely N-dealkylation sites (tertiary alicyclic amines) is 1. The van der Waals surface area contributed by atoms with E-state index >= 15 is 0 Å². The molecule has 0 aromatic carbocycles. The number of ether oxygens (including phenoxy) is 1. The van der Waals surface area contributed by atoms with E-state index in [0.717, 1.165) is 12.8 Å². The minimum atomic E-state index is -2.10. The molecule has 0 unspecified atom stereocenters. The molecular weight excluding hydrogens is 334 g/mol. The highest BCUT2D eigenvalue weighted by Gasteiger charge is 2.57. The zero-order valence-electron chi connectivity index (χ0n) is 17.7. The number of nitrogens with zero attached hydrogens (tertiary/aromatic N) is 1. The summed E-state index contributed by atoms with van der Waals surface area (Å²) in [6.07, 6.45) is 0.707. The Balaban J connectivity index is 3.07. The fourth-order valence-electron chi connectivity index (χ4n) is 2.85. The highest BCUT2D eigenvalue weighted by atomic mass is 28.4. The van der Waals surface area contributed by atoms with Gasteiger partial charge in [-0.15, -0.1) is 0 Å². The standard InChI is InChI=1S/C19H37NO4Si/c1-11-13(12-2)14-15(24-25(9,10)19(6,7)8)16(21)20(14)17(22)23-18(3,4)5/h13-15H,11-12H2,1-10H3/t14-,15+/m0/s1. The SMILES string of the molecule is CCC(CC)[C@H]1[C@@H](O[Si](C)(C)C(C)(C)C)C(=O)N1C(=O)OC(C)(C)C. The second kappa shape index (κ2) is 7.39. The molecule has 0 aliphatic carbocycles. The first kappa shape index (κ1) is 22.2. The molecule has 146 valence electrons. The van der Waals surface area contributed by atoms with Crippen LogP contribution in [0, 0.1) is 5.92 Å². The largest absolute Gasteiger partial charge is 0.443 e. The molecule has 5 nitrogen and oxygen atoms in total. The van der Waals surface area contributed by atoms with Crippen LogP contribution in [0.2, 0.25) is 18.1 Å². The highest BCUT2D eigenvalue weighted by Crippen LogP contribution is 2.42. The van der Waals surface area contributed by atoms with E-state index in [1.165, 1.54) is 4.90 Å². The Labute approximate surface area is 154 Å². The first-order chi connectivity index (χ1) is 11.2. The summed E-state index contributed by atoms with van der Waals surface area (Å²) in [5.41, 5.74) is -0.624. The lowest BCUT2D eigenvalue weighted by molar-refractivity contribution is -0.166. The van der Waals surface area contributed by atoms with Crippen LogP contribution in [0.1, 0.15) is 68.2 Å². The van der Waals surface area contributed by atoms with E-state index < -0.39 is 26.1 Å². The number of hydrogen-bond acceptors (Lipinski definition) is 4. The van der Waals surface area contributed by atoms with E-state index in [-0.39, 0.29) is 22.9 Å². The van der Waals surface area contributed by atoms with E-state index in [2.05, 4.69) is 47.7 Å². The van der Waals surface area contributed by atoms with E-state index in [9.17, 15) is 9.59 Å². The minimum absolute atomic E-state index is 0.0120. The first-order valence-corrected chi connectivity index (χ1v) is 12.3. The number of carbonyl (C=O) groups excluding carboxylic acids is 2. The third-order valence-electron chi connectivity index (χ3n) is 5.44. The zero-order valence-corrected chi connectivity index (χ0v) is 18.7. The number of carbonyl (C=O) groups is 2. The number of imide groups is 1. The van der Waals surface area contributed by atoms with E-state index in [4.69, 9.17) is 9.16 Å². The van der Waals surface area contributed by atoms with Crippen LogP contribution >= 0.6 is 0 Å². The highest BCUT2D eigenvalue weighted by molar-refractivity contribution is 6.74. The number of rotatable bonds is 5. The fraction of sp³-hybridized carbons (Fsp3) is 0.895. The molecule has 0 spiro atoms. The van der Waals surface area contributed by atoms with Crippen LogP contribution in [0.3, 0.4) is 0 Å². The maximum absolute atomic E-state index is 12.8. The second-order valence-corrected chi connectivity index (χ2v) is 14.3. The van der Waals surface area contributed by atoms with Gasteiger partial charge in [-0.3, -0.25) is 4.79 Å². The Morgan fingerprint density at radius 3 is 1.96 bits per heavy atom. The maximum atomic E-state index is 12.8. The Morgan fingerprint density at radius 2 is 1.60 bits per heavy atom. The van der Waals surface area contributed by atoms with Crippen molar-refractivity contribution >= 4 is 20.3 Å². The van der Waals surface area contributed by atoms with Crippen molar-refractivity contribution in [2.24, 2.45) is 5.92 Å². The van der Waals surface area contributed by atoms with Gasteiger partial charge in [0.1, 0.15) is 11.7 Å². The van der Waals surface area contributed by atoms with Gasteiger partial charge in [0.25, 0.3) is 5.91 Å². The van der Waals surface area contributed by atoms with Crippen molar-refractivity contribution in [3.8, 4) is 0 Å². The van der Waals surface area contributed by atoms with Crippen LogP contribution in [-0.2, 0) is 14.0 Å². The predicted octanol–water partition coefficient (Wildman–Crippen LogP) is 4.96. The molecule has 25 heavy (non-hydrogen) atoms. The number of hydrogen-bond donors (Lipinski definition) is 0. The first-order valence-electron chi connectivity index (χ1n) is 9.40. The van der Waals surface area contributed by atoms with E-state index in [0.29, 0.717) is 0 Å². The quantitative estimate of drug-likeness (QED) is 0.506. The summed E-state index contributed by atoms with van der Waals surface area (Å²) in [6.45, 7) is 20.4. The topological polar surface area (TPSA) is 55.8 Å². The average molecular weight is 372 g/mol. The normalized spacial score (nSPS) is 22.2. The maximum Gasteiger partial charge on any atom is 0.417 e. The summed E-state index contributed by atoms with van der Waals surface area (Å²) in [4.78, 5) is 26.6. The van der Waals surface area contributed by atoms with Gasteiger partial charge in [0.2, 0.25) is 0 Å². The number of amides is 2. The monoisotopic (exact) mass is 371 g/mol. The van der Waals surface area contributed by atoms with Gasteiger partial charge in [-0.05, 0) is 44.8 Å². The van der Waals surface area contributed by atoms with Crippen molar-refractivity contribution in [1.29, 1.82) is 0 Å². The van der Waals surface area contributed by atoms with Crippen molar-refractivity contribution < 1.29 is 18.8 Å². The molecule has 6 heteroatoms. The van der Waals surface area contributed by atoms with Gasteiger partial charge in [-0.1, -0.05) is 47.5 Å². The Morgan fingerprint density at radius 1 is 1.12 bits per heavy atom. The molecule has 0 saturated carbocycles. The zero-order chi connectivity index (χ0) is 19.8. The molecule has 1 saturated heterocycles. The summed E-state index contributed by atoms with van der Waals surface area (Å²) >= 11 is 0. The predicted molar refractivity (Wildman–Crippen MR) is 103 cm³/mol. The molecule has 2 amide bonds. The fourth-order valence-corrected chi connectivity index (χ4v) is 4.08. The van der Waals surface area contributed by atoms with Crippen molar-refractivity contribution in [2.45, 2.75) is 104 Å².